The number of allylic oxidation sites excluding steroid dienone is 4. The Balaban J connectivity index is 1.97. The van der Waals surface area contributed by atoms with Gasteiger partial charge in [-0.15, -0.1) is 0 Å². The van der Waals surface area contributed by atoms with Crippen molar-refractivity contribution in [3.05, 3.63) is 105 Å². The van der Waals surface area contributed by atoms with Crippen molar-refractivity contribution >= 4 is 16.5 Å². The molecule has 1 aliphatic carbocycles. The number of aryl methyl sites for hydroxylation is 1. The highest BCUT2D eigenvalue weighted by Crippen LogP contribution is 2.40. The van der Waals surface area contributed by atoms with Crippen LogP contribution < -0.4 is 0 Å². The molecule has 0 amide bonds. The van der Waals surface area contributed by atoms with Crippen molar-refractivity contribution in [3.8, 4) is 0 Å². The molecule has 3 aromatic carbocycles. The molecule has 0 saturated heterocycles. The van der Waals surface area contributed by atoms with Crippen molar-refractivity contribution in [2.75, 3.05) is 0 Å². The first-order chi connectivity index (χ1) is 13.8. The maximum Gasteiger partial charge on any atom is 0.0690 e. The van der Waals surface area contributed by atoms with Gasteiger partial charge in [0, 0.05) is 17.0 Å². The Bertz CT molecular complexity index is 1220. The molecule has 1 N–H and O–H groups in total. The van der Waals surface area contributed by atoms with Crippen LogP contribution in [-0.4, -0.2) is 5.71 Å². The van der Waals surface area contributed by atoms with Gasteiger partial charge in [0.25, 0.3) is 0 Å². The maximum atomic E-state index is 9.19. The monoisotopic (exact) mass is 379 g/mol. The fourth-order valence-corrected chi connectivity index (χ4v) is 4.47. The van der Waals surface area contributed by atoms with Crippen LogP contribution in [0.4, 0.5) is 0 Å². The highest BCUT2D eigenvalue weighted by molar-refractivity contribution is 6.14. The van der Waals surface area contributed by atoms with E-state index in [1.165, 1.54) is 49.7 Å². The molecule has 1 nitrogen and oxygen atoms in total. The van der Waals surface area contributed by atoms with Gasteiger partial charge in [-0.2, -0.15) is 0 Å². The summed E-state index contributed by atoms with van der Waals surface area (Å²) >= 11 is 0. The molecular weight excluding hydrogens is 350 g/mol. The maximum absolute atomic E-state index is 9.19. The molecule has 0 saturated carbocycles. The molecule has 1 aliphatic rings. The number of rotatable bonds is 3. The van der Waals surface area contributed by atoms with Crippen LogP contribution in [0, 0.1) is 26.2 Å². The Morgan fingerprint density at radius 3 is 2.03 bits per heavy atom. The van der Waals surface area contributed by atoms with Gasteiger partial charge in [0.05, 0.1) is 5.71 Å². The summed E-state index contributed by atoms with van der Waals surface area (Å²) < 4.78 is 0. The molecule has 1 heteroatoms. The number of hydrogen-bond acceptors (Lipinski definition) is 1. The van der Waals surface area contributed by atoms with Crippen molar-refractivity contribution < 1.29 is 0 Å². The third-order valence-electron chi connectivity index (χ3n) is 6.92. The quantitative estimate of drug-likeness (QED) is 0.454. The lowest BCUT2D eigenvalue weighted by Gasteiger charge is -2.20. The van der Waals surface area contributed by atoms with Gasteiger partial charge in [0.2, 0.25) is 0 Å². The third-order valence-corrected chi connectivity index (χ3v) is 6.92. The van der Waals surface area contributed by atoms with E-state index in [0.29, 0.717) is 5.71 Å². The average Bonchev–Trinajstić information content (AvgIpc) is 2.98. The van der Waals surface area contributed by atoms with Gasteiger partial charge in [0.1, 0.15) is 0 Å². The first-order valence-electron chi connectivity index (χ1n) is 10.3. The van der Waals surface area contributed by atoms with Crippen LogP contribution in [0.25, 0.3) is 10.8 Å². The molecule has 29 heavy (non-hydrogen) atoms. The Labute approximate surface area is 174 Å². The summed E-state index contributed by atoms with van der Waals surface area (Å²) in [5.74, 6) is 0.238. The predicted octanol–water partition coefficient (Wildman–Crippen LogP) is 7.56. The van der Waals surface area contributed by atoms with Crippen molar-refractivity contribution in [2.45, 2.75) is 47.5 Å². The van der Waals surface area contributed by atoms with Crippen LogP contribution in [0.3, 0.4) is 0 Å². The molecule has 0 radical (unpaired) electrons. The predicted molar refractivity (Wildman–Crippen MR) is 125 cm³/mol. The van der Waals surface area contributed by atoms with Gasteiger partial charge in [-0.3, -0.25) is 5.41 Å². The van der Waals surface area contributed by atoms with Gasteiger partial charge in [-0.25, -0.2) is 0 Å². The zero-order chi connectivity index (χ0) is 20.9. The van der Waals surface area contributed by atoms with Crippen LogP contribution in [-0.2, 0) is 0 Å². The van der Waals surface area contributed by atoms with Crippen LogP contribution >= 0.6 is 0 Å². The minimum absolute atomic E-state index is 0.238. The fraction of sp³-hybridized carbons (Fsp3) is 0.250. The summed E-state index contributed by atoms with van der Waals surface area (Å²) in [7, 11) is 0. The molecule has 0 heterocycles. The summed E-state index contributed by atoms with van der Waals surface area (Å²) in [4.78, 5) is 0. The van der Waals surface area contributed by atoms with Gasteiger partial charge < -0.3 is 0 Å². The van der Waals surface area contributed by atoms with E-state index in [-0.39, 0.29) is 5.92 Å². The second-order valence-corrected chi connectivity index (χ2v) is 8.48. The zero-order valence-corrected chi connectivity index (χ0v) is 18.3. The van der Waals surface area contributed by atoms with E-state index < -0.39 is 0 Å². The second-order valence-electron chi connectivity index (χ2n) is 8.48. The summed E-state index contributed by atoms with van der Waals surface area (Å²) in [6, 6.07) is 17.3. The van der Waals surface area contributed by atoms with Gasteiger partial charge >= 0.3 is 0 Å². The molecule has 0 spiro atoms. The minimum atomic E-state index is 0.238. The molecule has 0 bridgehead atoms. The molecule has 0 aromatic heterocycles. The van der Waals surface area contributed by atoms with Gasteiger partial charge in [0.15, 0.2) is 0 Å². The Morgan fingerprint density at radius 1 is 0.759 bits per heavy atom. The highest BCUT2D eigenvalue weighted by atomic mass is 14.4. The number of benzene rings is 3. The fourth-order valence-electron chi connectivity index (χ4n) is 4.47. The van der Waals surface area contributed by atoms with E-state index in [4.69, 9.17) is 0 Å². The van der Waals surface area contributed by atoms with Crippen molar-refractivity contribution in [3.63, 3.8) is 0 Å². The van der Waals surface area contributed by atoms with Gasteiger partial charge in [-0.05, 0) is 92.3 Å². The second kappa shape index (κ2) is 7.15. The molecule has 146 valence electrons. The Morgan fingerprint density at radius 2 is 1.41 bits per heavy atom. The Hall–Kier alpha value is -2.93. The van der Waals surface area contributed by atoms with Crippen molar-refractivity contribution in [2.24, 2.45) is 0 Å². The van der Waals surface area contributed by atoms with E-state index >= 15 is 0 Å². The summed E-state index contributed by atoms with van der Waals surface area (Å²) in [5.41, 5.74) is 11.8. The first-order valence-corrected chi connectivity index (χ1v) is 10.3. The van der Waals surface area contributed by atoms with E-state index in [1.807, 2.05) is 0 Å². The molecule has 1 unspecified atom stereocenters. The lowest BCUT2D eigenvalue weighted by Crippen LogP contribution is -2.11. The zero-order valence-electron chi connectivity index (χ0n) is 18.3. The Kier molecular flexibility index (Phi) is 4.78. The number of hydrogen-bond donors (Lipinski definition) is 1. The van der Waals surface area contributed by atoms with E-state index in [2.05, 4.69) is 96.1 Å². The summed E-state index contributed by atoms with van der Waals surface area (Å²) in [5, 5.41) is 11.6. The smallest absolute Gasteiger partial charge is 0.0690 e. The highest BCUT2D eigenvalue weighted by Gasteiger charge is 2.25. The lowest BCUT2D eigenvalue weighted by molar-refractivity contribution is 1.00. The summed E-state index contributed by atoms with van der Waals surface area (Å²) in [6.45, 7) is 13.1. The first kappa shape index (κ1) is 19.4. The lowest BCUT2D eigenvalue weighted by atomic mass is 9.83. The van der Waals surface area contributed by atoms with Crippen molar-refractivity contribution in [1.82, 2.24) is 0 Å². The standard InChI is InChI=1S/C28H29N/c1-16-11-12-24(20(5)18(16)3)28(29)27-15-23-10-8-7-9-22(23)14-26(27)25-13-17(2)19(4)21(25)6/h7-15,25,29H,1-6H3. The van der Waals surface area contributed by atoms with E-state index in [0.717, 1.165) is 11.1 Å². The molecule has 1 atom stereocenters. The summed E-state index contributed by atoms with van der Waals surface area (Å²) in [6.07, 6.45) is 2.36. The van der Waals surface area contributed by atoms with Crippen molar-refractivity contribution in [1.29, 1.82) is 5.41 Å². The largest absolute Gasteiger partial charge is 0.300 e. The topological polar surface area (TPSA) is 23.9 Å². The molecule has 0 fully saturated rings. The van der Waals surface area contributed by atoms with Gasteiger partial charge in [-0.1, -0.05) is 53.6 Å². The normalized spacial score (nSPS) is 16.5. The minimum Gasteiger partial charge on any atom is -0.300 e. The van der Waals surface area contributed by atoms with Crippen LogP contribution in [0.5, 0.6) is 0 Å². The molecule has 0 aliphatic heterocycles. The molecule has 3 aromatic rings. The number of fused-ring (bicyclic) bond motifs is 1. The molecular formula is C28H29N. The van der Waals surface area contributed by atoms with E-state index in [1.54, 1.807) is 0 Å². The van der Waals surface area contributed by atoms with Crippen LogP contribution in [0.1, 0.15) is 60.1 Å². The average molecular weight is 380 g/mol. The van der Waals surface area contributed by atoms with Crippen LogP contribution in [0.15, 0.2) is 71.3 Å². The SMILES string of the molecule is CC1=CC(c2cc3ccccc3cc2C(=N)c2ccc(C)c(C)c2C)C(C)=C1C. The number of nitrogens with one attached hydrogen (secondary N) is 1. The van der Waals surface area contributed by atoms with E-state index in [9.17, 15) is 5.41 Å². The molecule has 4 rings (SSSR count). The van der Waals surface area contributed by atoms with Crippen LogP contribution in [0.2, 0.25) is 0 Å². The third kappa shape index (κ3) is 3.15.